The van der Waals surface area contributed by atoms with Gasteiger partial charge in [0.15, 0.2) is 5.96 Å². The minimum atomic E-state index is 0.849. The average molecular weight is 274 g/mol. The van der Waals surface area contributed by atoms with E-state index in [0.29, 0.717) is 0 Å². The smallest absolute Gasteiger partial charge is 0.193 e. The summed E-state index contributed by atoms with van der Waals surface area (Å²) in [5.41, 5.74) is 1.29. The third kappa shape index (κ3) is 2.69. The zero-order valence-electron chi connectivity index (χ0n) is 12.7. The monoisotopic (exact) mass is 274 g/mol. The van der Waals surface area contributed by atoms with E-state index in [2.05, 4.69) is 45.2 Å². The van der Waals surface area contributed by atoms with Crippen molar-refractivity contribution in [3.05, 3.63) is 24.0 Å². The van der Waals surface area contributed by atoms with E-state index < -0.39 is 0 Å². The first-order valence-electron chi connectivity index (χ1n) is 7.83. The second-order valence-electron chi connectivity index (χ2n) is 6.22. The van der Waals surface area contributed by atoms with Crippen LogP contribution in [0.2, 0.25) is 0 Å². The Hall–Kier alpha value is -1.45. The van der Waals surface area contributed by atoms with Crippen molar-refractivity contribution in [3.8, 4) is 0 Å². The Morgan fingerprint density at radius 3 is 2.55 bits per heavy atom. The van der Waals surface area contributed by atoms with Gasteiger partial charge in [0.1, 0.15) is 0 Å². The second kappa shape index (κ2) is 5.90. The number of aliphatic imine (C=N–C) groups is 1. The van der Waals surface area contributed by atoms with Crippen LogP contribution in [0.4, 0.5) is 0 Å². The van der Waals surface area contributed by atoms with Crippen LogP contribution in [0.5, 0.6) is 0 Å². The van der Waals surface area contributed by atoms with E-state index in [1.165, 1.54) is 44.5 Å². The fourth-order valence-corrected chi connectivity index (χ4v) is 3.76. The number of nitrogens with zero attached hydrogens (tertiary/aromatic N) is 3. The number of rotatable bonds is 2. The summed E-state index contributed by atoms with van der Waals surface area (Å²) in [5, 5.41) is 3.52. The minimum Gasteiger partial charge on any atom is -0.353 e. The van der Waals surface area contributed by atoms with Gasteiger partial charge in [-0.2, -0.15) is 0 Å². The van der Waals surface area contributed by atoms with Crippen molar-refractivity contribution in [2.45, 2.75) is 32.2 Å². The lowest BCUT2D eigenvalue weighted by molar-refractivity contribution is 0.299. The van der Waals surface area contributed by atoms with Gasteiger partial charge in [-0.3, -0.25) is 4.99 Å². The quantitative estimate of drug-likeness (QED) is 0.662. The normalized spacial score (nSPS) is 26.7. The molecule has 1 saturated carbocycles. The molecular formula is C16H26N4. The molecule has 0 bridgehead atoms. The van der Waals surface area contributed by atoms with E-state index in [1.54, 1.807) is 0 Å². The van der Waals surface area contributed by atoms with Gasteiger partial charge in [0.2, 0.25) is 0 Å². The first-order chi connectivity index (χ1) is 9.78. The number of nitrogens with one attached hydrogen (secondary N) is 1. The van der Waals surface area contributed by atoms with Gasteiger partial charge < -0.3 is 14.8 Å². The van der Waals surface area contributed by atoms with Gasteiger partial charge in [-0.15, -0.1) is 0 Å². The van der Waals surface area contributed by atoms with Crippen molar-refractivity contribution in [3.63, 3.8) is 0 Å². The zero-order chi connectivity index (χ0) is 13.9. The third-order valence-electron chi connectivity index (χ3n) is 4.97. The summed E-state index contributed by atoms with van der Waals surface area (Å²) < 4.78 is 2.16. The first-order valence-corrected chi connectivity index (χ1v) is 7.83. The Kier molecular flexibility index (Phi) is 3.99. The van der Waals surface area contributed by atoms with Crippen LogP contribution in [0.15, 0.2) is 23.3 Å². The van der Waals surface area contributed by atoms with Crippen LogP contribution in [0.25, 0.3) is 0 Å². The molecule has 2 atom stereocenters. The predicted octanol–water partition coefficient (Wildman–Crippen LogP) is 2.22. The maximum absolute atomic E-state index is 4.48. The topological polar surface area (TPSA) is 32.6 Å². The molecule has 1 saturated heterocycles. The lowest BCUT2D eigenvalue weighted by Gasteiger charge is -2.22. The molecule has 4 nitrogen and oxygen atoms in total. The highest BCUT2D eigenvalue weighted by Crippen LogP contribution is 2.35. The van der Waals surface area contributed by atoms with E-state index in [-0.39, 0.29) is 0 Å². The van der Waals surface area contributed by atoms with E-state index in [9.17, 15) is 0 Å². The number of guanidine groups is 1. The number of aromatic nitrogens is 1. The zero-order valence-corrected chi connectivity index (χ0v) is 12.7. The minimum absolute atomic E-state index is 0.849. The predicted molar refractivity (Wildman–Crippen MR) is 82.6 cm³/mol. The molecule has 1 aliphatic carbocycles. The Morgan fingerprint density at radius 2 is 2.00 bits per heavy atom. The van der Waals surface area contributed by atoms with Crippen LogP contribution >= 0.6 is 0 Å². The molecule has 2 aliphatic rings. The van der Waals surface area contributed by atoms with Crippen molar-refractivity contribution in [2.24, 2.45) is 23.9 Å². The van der Waals surface area contributed by atoms with Gasteiger partial charge in [-0.05, 0) is 36.8 Å². The van der Waals surface area contributed by atoms with Crippen molar-refractivity contribution < 1.29 is 0 Å². The van der Waals surface area contributed by atoms with Crippen molar-refractivity contribution in [2.75, 3.05) is 20.1 Å². The Balaban J connectivity index is 1.59. The molecule has 1 aromatic rings. The fourth-order valence-electron chi connectivity index (χ4n) is 3.76. The van der Waals surface area contributed by atoms with Crippen LogP contribution < -0.4 is 5.32 Å². The Labute approximate surface area is 121 Å². The molecule has 1 aromatic heterocycles. The van der Waals surface area contributed by atoms with Gasteiger partial charge in [0.05, 0.1) is 6.54 Å². The van der Waals surface area contributed by atoms with Crippen molar-refractivity contribution >= 4 is 5.96 Å². The summed E-state index contributed by atoms with van der Waals surface area (Å²) in [7, 11) is 3.99. The summed E-state index contributed by atoms with van der Waals surface area (Å²) in [4.78, 5) is 6.94. The van der Waals surface area contributed by atoms with E-state index >= 15 is 0 Å². The van der Waals surface area contributed by atoms with Gasteiger partial charge in [0.25, 0.3) is 0 Å². The largest absolute Gasteiger partial charge is 0.353 e. The van der Waals surface area contributed by atoms with Crippen LogP contribution in [-0.2, 0) is 13.6 Å². The van der Waals surface area contributed by atoms with Crippen LogP contribution in [0.3, 0.4) is 0 Å². The lowest BCUT2D eigenvalue weighted by atomic mass is 9.82. The molecule has 2 unspecified atom stereocenters. The summed E-state index contributed by atoms with van der Waals surface area (Å²) in [6.07, 6.45) is 7.75. The van der Waals surface area contributed by atoms with Gasteiger partial charge in [-0.1, -0.05) is 12.8 Å². The van der Waals surface area contributed by atoms with E-state index in [1.807, 2.05) is 7.05 Å². The molecule has 0 aromatic carbocycles. The summed E-state index contributed by atoms with van der Waals surface area (Å²) in [6.45, 7) is 3.23. The lowest BCUT2D eigenvalue weighted by Crippen LogP contribution is -2.40. The average Bonchev–Trinajstić information content (AvgIpc) is 3.06. The molecule has 0 spiro atoms. The van der Waals surface area contributed by atoms with Crippen LogP contribution in [0.1, 0.15) is 31.4 Å². The number of hydrogen-bond donors (Lipinski definition) is 1. The molecule has 0 radical (unpaired) electrons. The number of hydrogen-bond acceptors (Lipinski definition) is 1. The number of fused-ring (bicyclic) bond motifs is 1. The Morgan fingerprint density at radius 1 is 1.30 bits per heavy atom. The van der Waals surface area contributed by atoms with E-state index in [4.69, 9.17) is 0 Å². The molecule has 2 fully saturated rings. The molecule has 4 heteroatoms. The van der Waals surface area contributed by atoms with Crippen LogP contribution in [0, 0.1) is 11.8 Å². The number of aryl methyl sites for hydroxylation is 1. The van der Waals surface area contributed by atoms with Crippen LogP contribution in [-0.4, -0.2) is 35.6 Å². The Bertz CT molecular complexity index is 463. The maximum atomic E-state index is 4.48. The van der Waals surface area contributed by atoms with Crippen molar-refractivity contribution in [1.29, 1.82) is 0 Å². The second-order valence-corrected chi connectivity index (χ2v) is 6.22. The molecule has 2 heterocycles. The molecule has 20 heavy (non-hydrogen) atoms. The summed E-state index contributed by atoms with van der Waals surface area (Å²) >= 11 is 0. The molecule has 1 N–H and O–H groups in total. The van der Waals surface area contributed by atoms with Crippen molar-refractivity contribution in [1.82, 2.24) is 14.8 Å². The first kappa shape index (κ1) is 13.5. The molecule has 110 valence electrons. The maximum Gasteiger partial charge on any atom is 0.193 e. The highest BCUT2D eigenvalue weighted by molar-refractivity contribution is 5.80. The SMILES string of the molecule is CN=C(NCc1cccn1C)N1CC2CCCCC2C1. The third-order valence-corrected chi connectivity index (χ3v) is 4.97. The van der Waals surface area contributed by atoms with Gasteiger partial charge >= 0.3 is 0 Å². The summed E-state index contributed by atoms with van der Waals surface area (Å²) in [6, 6.07) is 4.24. The van der Waals surface area contributed by atoms with Gasteiger partial charge in [0, 0.05) is 39.1 Å². The summed E-state index contributed by atoms with van der Waals surface area (Å²) in [5.74, 6) is 2.87. The highest BCUT2D eigenvalue weighted by atomic mass is 15.3. The fraction of sp³-hybridized carbons (Fsp3) is 0.688. The molecule has 3 rings (SSSR count). The number of likely N-dealkylation sites (tertiary alicyclic amines) is 1. The molecule has 1 aliphatic heterocycles. The highest BCUT2D eigenvalue weighted by Gasteiger charge is 2.35. The molecular weight excluding hydrogens is 248 g/mol. The molecule has 0 amide bonds. The van der Waals surface area contributed by atoms with E-state index in [0.717, 1.165) is 24.3 Å². The van der Waals surface area contributed by atoms with Gasteiger partial charge in [-0.25, -0.2) is 0 Å². The standard InChI is InChI=1S/C16H26N4/c1-17-16(18-10-15-8-5-9-19(15)2)20-11-13-6-3-4-7-14(13)12-20/h5,8-9,13-14H,3-4,6-7,10-12H2,1-2H3,(H,17,18).